The van der Waals surface area contributed by atoms with E-state index in [0.29, 0.717) is 36.9 Å². The van der Waals surface area contributed by atoms with Gasteiger partial charge in [0, 0.05) is 36.8 Å². The van der Waals surface area contributed by atoms with E-state index in [1.54, 1.807) is 13.8 Å². The average molecular weight is 580 g/mol. The number of hydrogen-bond acceptors (Lipinski definition) is 8. The third-order valence-electron chi connectivity index (χ3n) is 6.83. The number of carbonyl (C=O) groups is 2. The Balaban J connectivity index is 1.78. The lowest BCUT2D eigenvalue weighted by atomic mass is 9.97. The molecule has 2 aliphatic rings. The van der Waals surface area contributed by atoms with Gasteiger partial charge in [0.1, 0.15) is 11.4 Å². The highest BCUT2D eigenvalue weighted by Crippen LogP contribution is 2.52. The molecule has 1 aliphatic heterocycles. The van der Waals surface area contributed by atoms with Crippen LogP contribution in [0.2, 0.25) is 0 Å². The Morgan fingerprint density at radius 1 is 1.26 bits per heavy atom. The number of thiazole rings is 1. The lowest BCUT2D eigenvalue weighted by molar-refractivity contribution is -0.151. The molecule has 1 saturated carbocycles. The molecule has 214 valence electrons. The van der Waals surface area contributed by atoms with E-state index in [1.165, 1.54) is 0 Å². The van der Waals surface area contributed by atoms with Crippen molar-refractivity contribution in [2.24, 2.45) is 0 Å². The second-order valence-corrected chi connectivity index (χ2v) is 11.7. The van der Waals surface area contributed by atoms with Crippen LogP contribution in [0.5, 0.6) is 0 Å². The van der Waals surface area contributed by atoms with Gasteiger partial charge in [-0.2, -0.15) is 26.3 Å². The summed E-state index contributed by atoms with van der Waals surface area (Å²) in [6.07, 6.45) is -8.76. The Hall–Kier alpha value is -2.78. The highest BCUT2D eigenvalue weighted by Gasteiger charge is 2.63. The number of aromatic nitrogens is 2. The number of likely N-dealkylation sites (tertiary alicyclic amines) is 1. The smallest absolute Gasteiger partial charge is 0.389 e. The van der Waals surface area contributed by atoms with E-state index in [-0.39, 0.29) is 40.9 Å². The molecule has 1 saturated heterocycles. The molecule has 2 amide bonds. The summed E-state index contributed by atoms with van der Waals surface area (Å²) in [5, 5.41) is 14.1. The maximum absolute atomic E-state index is 14.2. The van der Waals surface area contributed by atoms with E-state index in [2.05, 4.69) is 15.3 Å². The van der Waals surface area contributed by atoms with E-state index < -0.39 is 52.3 Å². The molecule has 2 aromatic heterocycles. The second kappa shape index (κ2) is 10.0. The summed E-state index contributed by atoms with van der Waals surface area (Å²) in [4.78, 5) is 33.3. The molecular formula is C24H27F6N5O3S. The van der Waals surface area contributed by atoms with Gasteiger partial charge in [-0.05, 0) is 46.1 Å². The van der Waals surface area contributed by atoms with Gasteiger partial charge in [-0.1, -0.05) is 0 Å². The molecule has 3 N–H and O–H groups in total. The zero-order chi connectivity index (χ0) is 29.0. The first kappa shape index (κ1) is 29.2. The van der Waals surface area contributed by atoms with Gasteiger partial charge >= 0.3 is 12.4 Å². The average Bonchev–Trinajstić information content (AvgIpc) is 3.32. The molecule has 0 aromatic carbocycles. The number of amides is 2. The first-order valence-electron chi connectivity index (χ1n) is 12.1. The first-order valence-corrected chi connectivity index (χ1v) is 12.9. The van der Waals surface area contributed by atoms with Crippen LogP contribution < -0.4 is 10.6 Å². The van der Waals surface area contributed by atoms with Gasteiger partial charge < -0.3 is 10.4 Å². The van der Waals surface area contributed by atoms with Crippen molar-refractivity contribution in [3.05, 3.63) is 28.5 Å². The number of nitrogens with zero attached hydrogens (tertiary/aromatic N) is 3. The predicted molar refractivity (Wildman–Crippen MR) is 130 cm³/mol. The van der Waals surface area contributed by atoms with Gasteiger partial charge in [0.25, 0.3) is 5.91 Å². The van der Waals surface area contributed by atoms with Crippen LogP contribution >= 0.6 is 11.3 Å². The van der Waals surface area contributed by atoms with E-state index >= 15 is 0 Å². The number of alkyl halides is 6. The minimum Gasteiger partial charge on any atom is -0.389 e. The number of pyridine rings is 1. The van der Waals surface area contributed by atoms with Gasteiger partial charge in [0.2, 0.25) is 6.41 Å². The minimum absolute atomic E-state index is 0.0170. The fourth-order valence-corrected chi connectivity index (χ4v) is 5.90. The van der Waals surface area contributed by atoms with E-state index in [4.69, 9.17) is 0 Å². The third kappa shape index (κ3) is 6.19. The van der Waals surface area contributed by atoms with Gasteiger partial charge in [0.15, 0.2) is 5.01 Å². The number of imide groups is 1. The van der Waals surface area contributed by atoms with E-state index in [0.717, 1.165) is 6.20 Å². The molecular weight excluding hydrogens is 552 g/mol. The largest absolute Gasteiger partial charge is 0.417 e. The fraction of sp³-hybridized carbons (Fsp3) is 0.583. The number of anilines is 1. The molecule has 2 atom stereocenters. The molecule has 2 aromatic rings. The number of carbonyl (C=O) groups excluding carboxylic acids is 2. The highest BCUT2D eigenvalue weighted by molar-refractivity contribution is 7.17. The van der Waals surface area contributed by atoms with Crippen molar-refractivity contribution >= 4 is 29.5 Å². The molecule has 2 fully saturated rings. The topological polar surface area (TPSA) is 107 Å². The number of rotatable bonds is 8. The van der Waals surface area contributed by atoms with Crippen LogP contribution in [0.25, 0.3) is 10.4 Å². The summed E-state index contributed by atoms with van der Waals surface area (Å²) in [6, 6.07) is 0.473. The molecule has 3 heterocycles. The third-order valence-corrected chi connectivity index (χ3v) is 7.94. The number of β-amino-alcohol motifs (C(OH)–C–C–N with tert-alkyl or cyclic N) is 1. The van der Waals surface area contributed by atoms with Crippen LogP contribution in [-0.2, 0) is 11.0 Å². The fourth-order valence-electron chi connectivity index (χ4n) is 4.82. The van der Waals surface area contributed by atoms with Crippen molar-refractivity contribution in [3.8, 4) is 10.4 Å². The molecule has 4 rings (SSSR count). The van der Waals surface area contributed by atoms with Gasteiger partial charge in [-0.25, -0.2) is 9.97 Å². The van der Waals surface area contributed by atoms with Crippen LogP contribution in [0.15, 0.2) is 12.3 Å². The molecule has 1 aliphatic carbocycles. The molecule has 8 nitrogen and oxygen atoms in total. The molecule has 0 radical (unpaired) electrons. The Kier molecular flexibility index (Phi) is 7.49. The van der Waals surface area contributed by atoms with Crippen molar-refractivity contribution < 1.29 is 41.0 Å². The highest BCUT2D eigenvalue weighted by atomic mass is 32.1. The number of hydrogen-bond donors (Lipinski definition) is 3. The SMILES string of the molecule is C[C@H]1CC(c2nc(C(=O)NC=O)sc2-c2cnc(NC3(C(F)(F)F)CC3)cc2C(F)(F)F)CN1CC(C)(C)O. The van der Waals surface area contributed by atoms with Gasteiger partial charge in [-0.15, -0.1) is 11.3 Å². The molecule has 39 heavy (non-hydrogen) atoms. The lowest BCUT2D eigenvalue weighted by Gasteiger charge is -2.28. The van der Waals surface area contributed by atoms with Crippen LogP contribution in [0.3, 0.4) is 0 Å². The Morgan fingerprint density at radius 2 is 1.92 bits per heavy atom. The Labute approximate surface area is 223 Å². The first-order chi connectivity index (χ1) is 17.9. The van der Waals surface area contributed by atoms with Crippen LogP contribution in [0.4, 0.5) is 32.2 Å². The number of halogens is 6. The maximum atomic E-state index is 14.2. The Morgan fingerprint density at radius 3 is 2.46 bits per heavy atom. The van der Waals surface area contributed by atoms with E-state index in [9.17, 15) is 41.0 Å². The van der Waals surface area contributed by atoms with Gasteiger partial charge in [0.05, 0.1) is 21.7 Å². The zero-order valence-electron chi connectivity index (χ0n) is 21.2. The van der Waals surface area contributed by atoms with Crippen molar-refractivity contribution in [1.82, 2.24) is 20.2 Å². The minimum atomic E-state index is -4.97. The van der Waals surface area contributed by atoms with Gasteiger partial charge in [-0.3, -0.25) is 19.8 Å². The predicted octanol–water partition coefficient (Wildman–Crippen LogP) is 4.57. The van der Waals surface area contributed by atoms with Crippen LogP contribution in [0.1, 0.15) is 67.0 Å². The van der Waals surface area contributed by atoms with Crippen molar-refractivity contribution in [1.29, 1.82) is 0 Å². The van der Waals surface area contributed by atoms with Crippen LogP contribution in [-0.4, -0.2) is 68.7 Å². The Bertz CT molecular complexity index is 1250. The summed E-state index contributed by atoms with van der Waals surface area (Å²) in [7, 11) is 0. The maximum Gasteiger partial charge on any atom is 0.417 e. The van der Waals surface area contributed by atoms with E-state index in [1.807, 2.05) is 17.1 Å². The number of nitrogens with one attached hydrogen (secondary N) is 2. The summed E-state index contributed by atoms with van der Waals surface area (Å²) >= 11 is 0.639. The summed E-state index contributed by atoms with van der Waals surface area (Å²) in [6.45, 7) is 5.78. The monoisotopic (exact) mass is 579 g/mol. The van der Waals surface area contributed by atoms with Crippen molar-refractivity contribution in [2.75, 3.05) is 18.4 Å². The molecule has 1 unspecified atom stereocenters. The summed E-state index contributed by atoms with van der Waals surface area (Å²) in [5.41, 5.74) is -4.83. The zero-order valence-corrected chi connectivity index (χ0v) is 22.0. The van der Waals surface area contributed by atoms with Crippen molar-refractivity contribution in [3.63, 3.8) is 0 Å². The summed E-state index contributed by atoms with van der Waals surface area (Å²) < 4.78 is 82.9. The number of aliphatic hydroxyl groups is 1. The summed E-state index contributed by atoms with van der Waals surface area (Å²) in [5.74, 6) is -1.90. The second-order valence-electron chi connectivity index (χ2n) is 10.7. The quantitative estimate of drug-likeness (QED) is 0.311. The van der Waals surface area contributed by atoms with Crippen molar-refractivity contribution in [2.45, 2.75) is 75.5 Å². The molecule has 15 heteroatoms. The normalized spacial score (nSPS) is 21.6. The molecule has 0 spiro atoms. The molecule has 0 bridgehead atoms. The standard InChI is InChI=1S/C24H27F6N5O3S/c1-12-6-13(9-35(12)10-21(2,3)38)17-18(39-20(33-17)19(37)32-11-36)14-8-31-16(7-15(14)23(25,26)27)34-22(4-5-22)24(28,29)30/h7-8,11-13,38H,4-6,9-10H2,1-3H3,(H,31,34)(H,32,36,37)/t12-,13?/m0/s1. The van der Waals surface area contributed by atoms with Crippen LogP contribution in [0, 0.1) is 0 Å². The lowest BCUT2D eigenvalue weighted by Crippen LogP contribution is -2.40.